The SMILES string of the molecule is O=C1NC(=S)SC1=Cc1ccc2c(c1)N(Cc1ccc(OCc3ccccc3)cc1)C(=O)CO2. The Bertz CT molecular complexity index is 1290. The van der Waals surface area contributed by atoms with Crippen LogP contribution in [0.5, 0.6) is 11.5 Å². The Labute approximate surface area is 206 Å². The molecule has 6 nitrogen and oxygen atoms in total. The molecule has 2 aliphatic rings. The van der Waals surface area contributed by atoms with Gasteiger partial charge in [0.25, 0.3) is 11.8 Å². The normalized spacial score (nSPS) is 16.3. The Balaban J connectivity index is 1.32. The third-order valence-corrected chi connectivity index (χ3v) is 6.54. The number of nitrogens with one attached hydrogen (secondary N) is 1. The summed E-state index contributed by atoms with van der Waals surface area (Å²) in [5.74, 6) is 1.05. The molecule has 0 bridgehead atoms. The predicted molar refractivity (Wildman–Crippen MR) is 137 cm³/mol. The van der Waals surface area contributed by atoms with Crippen LogP contribution in [-0.2, 0) is 22.7 Å². The van der Waals surface area contributed by atoms with E-state index in [9.17, 15) is 9.59 Å². The monoisotopic (exact) mass is 488 g/mol. The summed E-state index contributed by atoms with van der Waals surface area (Å²) in [5, 5.41) is 2.61. The number of fused-ring (bicyclic) bond motifs is 1. The Kier molecular flexibility index (Phi) is 6.33. The Morgan fingerprint density at radius 3 is 2.56 bits per heavy atom. The van der Waals surface area contributed by atoms with E-state index in [0.717, 1.165) is 22.4 Å². The van der Waals surface area contributed by atoms with Crippen LogP contribution in [0.3, 0.4) is 0 Å². The fraction of sp³-hybridized carbons (Fsp3) is 0.115. The number of thiocarbonyl (C=S) groups is 1. The van der Waals surface area contributed by atoms with Crippen molar-refractivity contribution in [2.24, 2.45) is 0 Å². The summed E-state index contributed by atoms with van der Waals surface area (Å²) in [5.41, 5.74) is 3.52. The molecule has 5 rings (SSSR count). The van der Waals surface area contributed by atoms with Crippen molar-refractivity contribution >= 4 is 51.9 Å². The molecule has 3 aromatic rings. The lowest BCUT2D eigenvalue weighted by atomic mass is 10.1. The van der Waals surface area contributed by atoms with Crippen LogP contribution in [-0.4, -0.2) is 22.7 Å². The van der Waals surface area contributed by atoms with Crippen LogP contribution >= 0.6 is 24.0 Å². The van der Waals surface area contributed by atoms with E-state index in [1.165, 1.54) is 11.8 Å². The summed E-state index contributed by atoms with van der Waals surface area (Å²) >= 11 is 6.27. The van der Waals surface area contributed by atoms with Crippen LogP contribution < -0.4 is 19.7 Å². The van der Waals surface area contributed by atoms with E-state index in [0.29, 0.717) is 33.8 Å². The van der Waals surface area contributed by atoms with E-state index in [-0.39, 0.29) is 18.4 Å². The summed E-state index contributed by atoms with van der Waals surface area (Å²) in [4.78, 5) is 26.9. The van der Waals surface area contributed by atoms with Gasteiger partial charge in [-0.3, -0.25) is 9.59 Å². The number of benzene rings is 3. The van der Waals surface area contributed by atoms with E-state index in [1.54, 1.807) is 11.0 Å². The first-order valence-electron chi connectivity index (χ1n) is 10.6. The highest BCUT2D eigenvalue weighted by molar-refractivity contribution is 8.26. The van der Waals surface area contributed by atoms with Crippen molar-refractivity contribution in [2.75, 3.05) is 11.5 Å². The molecule has 0 atom stereocenters. The van der Waals surface area contributed by atoms with Crippen LogP contribution in [0.1, 0.15) is 16.7 Å². The maximum Gasteiger partial charge on any atom is 0.265 e. The van der Waals surface area contributed by atoms with Crippen LogP contribution in [0.2, 0.25) is 0 Å². The van der Waals surface area contributed by atoms with Crippen molar-refractivity contribution in [1.29, 1.82) is 0 Å². The molecule has 0 radical (unpaired) electrons. The van der Waals surface area contributed by atoms with Crippen molar-refractivity contribution in [3.05, 3.63) is 94.4 Å². The van der Waals surface area contributed by atoms with Gasteiger partial charge in [-0.15, -0.1) is 0 Å². The van der Waals surface area contributed by atoms with E-state index in [4.69, 9.17) is 21.7 Å². The van der Waals surface area contributed by atoms with Crippen molar-refractivity contribution in [3.63, 3.8) is 0 Å². The lowest BCUT2D eigenvalue weighted by Gasteiger charge is -2.30. The highest BCUT2D eigenvalue weighted by atomic mass is 32.2. The Morgan fingerprint density at radius 1 is 1.03 bits per heavy atom. The second-order valence-electron chi connectivity index (χ2n) is 7.77. The standard InChI is InChI=1S/C26H20N2O4S2/c29-24-16-32-22-11-8-19(13-23-25(30)27-26(33)34-23)12-21(22)28(24)14-17-6-9-20(10-7-17)31-15-18-4-2-1-3-5-18/h1-13H,14-16H2,(H,27,30,33). The molecule has 0 spiro atoms. The molecule has 0 saturated carbocycles. The zero-order chi connectivity index (χ0) is 23.5. The number of carbonyl (C=O) groups is 2. The van der Waals surface area contributed by atoms with E-state index >= 15 is 0 Å². The van der Waals surface area contributed by atoms with Gasteiger partial charge >= 0.3 is 0 Å². The predicted octanol–water partition coefficient (Wildman–Crippen LogP) is 4.68. The minimum absolute atomic E-state index is 0.0156. The Morgan fingerprint density at radius 2 is 1.82 bits per heavy atom. The molecule has 8 heteroatoms. The second kappa shape index (κ2) is 9.70. The van der Waals surface area contributed by atoms with Crippen molar-refractivity contribution in [2.45, 2.75) is 13.2 Å². The largest absolute Gasteiger partial charge is 0.489 e. The minimum atomic E-state index is -0.216. The van der Waals surface area contributed by atoms with Crippen LogP contribution in [0.25, 0.3) is 6.08 Å². The molecule has 1 N–H and O–H groups in total. The summed E-state index contributed by atoms with van der Waals surface area (Å²) in [6.07, 6.45) is 1.76. The van der Waals surface area contributed by atoms with Gasteiger partial charge in [0.2, 0.25) is 0 Å². The smallest absolute Gasteiger partial charge is 0.265 e. The molecule has 0 unspecified atom stereocenters. The first-order chi connectivity index (χ1) is 16.5. The van der Waals surface area contributed by atoms with Gasteiger partial charge in [0.15, 0.2) is 6.61 Å². The van der Waals surface area contributed by atoms with Gasteiger partial charge < -0.3 is 19.7 Å². The highest BCUT2D eigenvalue weighted by Gasteiger charge is 2.27. The molecule has 0 aromatic heterocycles. The van der Waals surface area contributed by atoms with Crippen molar-refractivity contribution in [3.8, 4) is 11.5 Å². The average molecular weight is 489 g/mol. The molecule has 1 saturated heterocycles. The molecule has 34 heavy (non-hydrogen) atoms. The maximum absolute atomic E-state index is 12.7. The summed E-state index contributed by atoms with van der Waals surface area (Å²) in [6.45, 7) is 0.876. The van der Waals surface area contributed by atoms with E-state index < -0.39 is 0 Å². The lowest BCUT2D eigenvalue weighted by molar-refractivity contribution is -0.121. The summed E-state index contributed by atoms with van der Waals surface area (Å²) < 4.78 is 11.9. The third-order valence-electron chi connectivity index (χ3n) is 5.38. The molecular weight excluding hydrogens is 468 g/mol. The van der Waals surface area contributed by atoms with Crippen molar-refractivity contribution in [1.82, 2.24) is 5.32 Å². The molecule has 2 heterocycles. The molecule has 2 aliphatic heterocycles. The molecule has 3 aromatic carbocycles. The molecule has 0 aliphatic carbocycles. The van der Waals surface area contributed by atoms with Gasteiger partial charge in [-0.25, -0.2) is 0 Å². The second-order valence-corrected chi connectivity index (χ2v) is 9.49. The van der Waals surface area contributed by atoms with Gasteiger partial charge in [0, 0.05) is 0 Å². The number of hydrogen-bond acceptors (Lipinski definition) is 6. The van der Waals surface area contributed by atoms with Gasteiger partial charge in [-0.2, -0.15) is 0 Å². The first-order valence-corrected chi connectivity index (χ1v) is 11.9. The van der Waals surface area contributed by atoms with Crippen molar-refractivity contribution < 1.29 is 19.1 Å². The number of carbonyl (C=O) groups excluding carboxylic acids is 2. The number of hydrogen-bond donors (Lipinski definition) is 1. The lowest BCUT2D eigenvalue weighted by Crippen LogP contribution is -2.38. The van der Waals surface area contributed by atoms with Gasteiger partial charge in [-0.1, -0.05) is 72.5 Å². The number of rotatable bonds is 6. The molecule has 2 amide bonds. The quantitative estimate of drug-likeness (QED) is 0.402. The maximum atomic E-state index is 12.7. The zero-order valence-electron chi connectivity index (χ0n) is 18.0. The summed E-state index contributed by atoms with van der Waals surface area (Å²) in [6, 6.07) is 23.2. The number of ether oxygens (including phenoxy) is 2. The van der Waals surface area contributed by atoms with Crippen LogP contribution in [0.15, 0.2) is 77.7 Å². The average Bonchev–Trinajstić information content (AvgIpc) is 3.17. The van der Waals surface area contributed by atoms with Gasteiger partial charge in [0.1, 0.15) is 22.4 Å². The molecule has 170 valence electrons. The van der Waals surface area contributed by atoms with Gasteiger partial charge in [0.05, 0.1) is 17.1 Å². The van der Waals surface area contributed by atoms with E-state index in [1.807, 2.05) is 72.8 Å². The topological polar surface area (TPSA) is 67.9 Å². The highest BCUT2D eigenvalue weighted by Crippen LogP contribution is 2.36. The third kappa shape index (κ3) is 4.98. The van der Waals surface area contributed by atoms with Crippen LogP contribution in [0, 0.1) is 0 Å². The number of anilines is 1. The summed E-state index contributed by atoms with van der Waals surface area (Å²) in [7, 11) is 0. The number of amides is 2. The fourth-order valence-corrected chi connectivity index (χ4v) is 4.71. The number of thioether (sulfide) groups is 1. The minimum Gasteiger partial charge on any atom is -0.489 e. The Hall–Kier alpha value is -3.62. The van der Waals surface area contributed by atoms with E-state index in [2.05, 4.69) is 5.32 Å². The zero-order valence-corrected chi connectivity index (χ0v) is 19.7. The number of nitrogens with zero attached hydrogens (tertiary/aromatic N) is 1. The van der Waals surface area contributed by atoms with Crippen LogP contribution in [0.4, 0.5) is 5.69 Å². The fourth-order valence-electron chi connectivity index (χ4n) is 3.67. The molecular formula is C26H20N2O4S2. The first kappa shape index (κ1) is 22.2. The van der Waals surface area contributed by atoms with Gasteiger partial charge in [-0.05, 0) is 47.0 Å². The molecule has 1 fully saturated rings.